The van der Waals surface area contributed by atoms with E-state index in [0.29, 0.717) is 11.1 Å². The van der Waals surface area contributed by atoms with Crippen LogP contribution in [-0.2, 0) is 0 Å². The molecule has 1 nitrogen and oxygen atoms in total. The van der Waals surface area contributed by atoms with Gasteiger partial charge in [-0.1, -0.05) is 152 Å². The second-order valence-corrected chi connectivity index (χ2v) is 10.8. The van der Waals surface area contributed by atoms with Gasteiger partial charge >= 0.3 is 0 Å². The second-order valence-electron chi connectivity index (χ2n) is 10.8. The minimum Gasteiger partial charge on any atom is -0.289 e. The van der Waals surface area contributed by atoms with E-state index < -0.39 is 0 Å². The zero-order valence-corrected chi connectivity index (χ0v) is 22.9. The Morgan fingerprint density at radius 1 is 0.333 bits per heavy atom. The summed E-state index contributed by atoms with van der Waals surface area (Å²) < 4.78 is 0. The molecule has 0 aliphatic carbocycles. The topological polar surface area (TPSA) is 17.1 Å². The Balaban J connectivity index is 1.33. The molecular formula is C41H26O. The van der Waals surface area contributed by atoms with Crippen molar-refractivity contribution in [3.63, 3.8) is 0 Å². The molecule has 0 saturated carbocycles. The molecular weight excluding hydrogens is 508 g/mol. The van der Waals surface area contributed by atoms with Gasteiger partial charge in [-0.15, -0.1) is 0 Å². The van der Waals surface area contributed by atoms with E-state index in [4.69, 9.17) is 0 Å². The van der Waals surface area contributed by atoms with Crippen molar-refractivity contribution in [2.45, 2.75) is 0 Å². The maximum absolute atomic E-state index is 13.1. The molecule has 8 aromatic rings. The highest BCUT2D eigenvalue weighted by Crippen LogP contribution is 2.44. The van der Waals surface area contributed by atoms with E-state index in [1.54, 1.807) is 0 Å². The number of carbonyl (C=O) groups is 1. The van der Waals surface area contributed by atoms with Crippen LogP contribution in [0.3, 0.4) is 0 Å². The van der Waals surface area contributed by atoms with Gasteiger partial charge in [0.05, 0.1) is 0 Å². The normalized spacial score (nSPS) is 11.4. The Kier molecular flexibility index (Phi) is 5.68. The van der Waals surface area contributed by atoms with Gasteiger partial charge in [0.2, 0.25) is 0 Å². The van der Waals surface area contributed by atoms with E-state index in [9.17, 15) is 4.79 Å². The van der Waals surface area contributed by atoms with Gasteiger partial charge in [0.15, 0.2) is 5.78 Å². The first-order valence-electron chi connectivity index (χ1n) is 14.3. The van der Waals surface area contributed by atoms with E-state index in [1.807, 2.05) is 42.5 Å². The quantitative estimate of drug-likeness (QED) is 0.125. The van der Waals surface area contributed by atoms with Crippen molar-refractivity contribution in [2.75, 3.05) is 0 Å². The lowest BCUT2D eigenvalue weighted by molar-refractivity contribution is 0.103. The van der Waals surface area contributed by atoms with Crippen molar-refractivity contribution in [3.05, 3.63) is 169 Å². The molecule has 0 heterocycles. The summed E-state index contributed by atoms with van der Waals surface area (Å²) in [6.45, 7) is 0. The summed E-state index contributed by atoms with van der Waals surface area (Å²) in [5.74, 6) is 0.0382. The van der Waals surface area contributed by atoms with E-state index in [0.717, 1.165) is 5.56 Å². The Hall–Kier alpha value is -5.53. The van der Waals surface area contributed by atoms with Gasteiger partial charge in [0.1, 0.15) is 0 Å². The van der Waals surface area contributed by atoms with Gasteiger partial charge in [-0.05, 0) is 71.4 Å². The molecule has 0 aromatic heterocycles. The third-order valence-corrected chi connectivity index (χ3v) is 8.44. The Morgan fingerprint density at radius 2 is 0.786 bits per heavy atom. The molecule has 0 fully saturated rings. The Morgan fingerprint density at radius 3 is 1.43 bits per heavy atom. The fourth-order valence-corrected chi connectivity index (χ4v) is 6.46. The van der Waals surface area contributed by atoms with Crippen LogP contribution in [0.1, 0.15) is 15.9 Å². The fraction of sp³-hybridized carbons (Fsp3) is 0. The van der Waals surface area contributed by atoms with E-state index in [2.05, 4.69) is 115 Å². The third-order valence-electron chi connectivity index (χ3n) is 8.44. The van der Waals surface area contributed by atoms with Crippen LogP contribution >= 0.6 is 0 Å². The average Bonchev–Trinajstić information content (AvgIpc) is 3.07. The van der Waals surface area contributed by atoms with Crippen molar-refractivity contribution >= 4 is 48.9 Å². The molecule has 42 heavy (non-hydrogen) atoms. The highest BCUT2D eigenvalue weighted by molar-refractivity contribution is 6.22. The van der Waals surface area contributed by atoms with Crippen molar-refractivity contribution in [1.82, 2.24) is 0 Å². The largest absolute Gasteiger partial charge is 0.289 e. The van der Waals surface area contributed by atoms with Gasteiger partial charge in [-0.2, -0.15) is 0 Å². The molecule has 0 atom stereocenters. The van der Waals surface area contributed by atoms with Gasteiger partial charge in [-0.25, -0.2) is 0 Å². The highest BCUT2D eigenvalue weighted by atomic mass is 16.1. The van der Waals surface area contributed by atoms with Crippen LogP contribution in [0.4, 0.5) is 0 Å². The smallest absolute Gasteiger partial charge is 0.193 e. The standard InChI is InChI=1S/C41H26O/c42-41(29-11-2-1-3-12-29)30-21-19-28(20-22-30)39-35-14-6-8-16-37(35)40(38-17-9-7-15-36(38)39)32-24-25-34-31(26-32)23-18-27-10-4-5-13-33(27)34/h1-26H. The van der Waals surface area contributed by atoms with Crippen molar-refractivity contribution in [2.24, 2.45) is 0 Å². The van der Waals surface area contributed by atoms with Gasteiger partial charge in [0.25, 0.3) is 0 Å². The van der Waals surface area contributed by atoms with Crippen LogP contribution in [0.2, 0.25) is 0 Å². The average molecular weight is 535 g/mol. The van der Waals surface area contributed by atoms with Gasteiger partial charge < -0.3 is 0 Å². The summed E-state index contributed by atoms with van der Waals surface area (Å²) in [5, 5.41) is 9.88. The zero-order valence-electron chi connectivity index (χ0n) is 22.9. The minimum atomic E-state index is 0.0382. The molecule has 1 heteroatoms. The first-order chi connectivity index (χ1) is 20.8. The van der Waals surface area contributed by atoms with Crippen LogP contribution in [0.15, 0.2) is 158 Å². The maximum Gasteiger partial charge on any atom is 0.193 e. The van der Waals surface area contributed by atoms with Crippen LogP contribution in [0.25, 0.3) is 65.3 Å². The molecule has 0 amide bonds. The Bertz CT molecular complexity index is 2240. The zero-order chi connectivity index (χ0) is 28.0. The van der Waals surface area contributed by atoms with Crippen LogP contribution in [0.5, 0.6) is 0 Å². The monoisotopic (exact) mass is 534 g/mol. The Labute approximate surface area is 244 Å². The molecule has 0 saturated heterocycles. The summed E-state index contributed by atoms with van der Waals surface area (Å²) >= 11 is 0. The second kappa shape index (κ2) is 9.83. The van der Waals surface area contributed by atoms with E-state index >= 15 is 0 Å². The van der Waals surface area contributed by atoms with E-state index in [1.165, 1.54) is 59.8 Å². The lowest BCUT2D eigenvalue weighted by atomic mass is 9.85. The minimum absolute atomic E-state index is 0.0382. The van der Waals surface area contributed by atoms with Crippen LogP contribution in [0, 0.1) is 0 Å². The molecule has 0 unspecified atom stereocenters. The van der Waals surface area contributed by atoms with Crippen LogP contribution < -0.4 is 0 Å². The molecule has 196 valence electrons. The van der Waals surface area contributed by atoms with Crippen molar-refractivity contribution in [3.8, 4) is 22.3 Å². The number of hydrogen-bond acceptors (Lipinski definition) is 1. The highest BCUT2D eigenvalue weighted by Gasteiger charge is 2.17. The fourth-order valence-electron chi connectivity index (χ4n) is 6.46. The first-order valence-corrected chi connectivity index (χ1v) is 14.3. The molecule has 0 aliphatic heterocycles. The lowest BCUT2D eigenvalue weighted by Gasteiger charge is -2.18. The SMILES string of the molecule is O=C(c1ccccc1)c1ccc(-c2c3ccccc3c(-c3ccc4c(ccc5ccccc54)c3)c3ccccc23)cc1. The number of hydrogen-bond donors (Lipinski definition) is 0. The van der Waals surface area contributed by atoms with Crippen LogP contribution in [-0.4, -0.2) is 5.78 Å². The molecule has 0 radical (unpaired) electrons. The molecule has 8 aromatic carbocycles. The van der Waals surface area contributed by atoms with Crippen molar-refractivity contribution in [1.29, 1.82) is 0 Å². The van der Waals surface area contributed by atoms with Gasteiger partial charge in [0, 0.05) is 11.1 Å². The summed E-state index contributed by atoms with van der Waals surface area (Å²) in [6.07, 6.45) is 0. The number of fused-ring (bicyclic) bond motifs is 5. The molecule has 8 rings (SSSR count). The summed E-state index contributed by atoms with van der Waals surface area (Å²) in [7, 11) is 0. The van der Waals surface area contributed by atoms with Crippen molar-refractivity contribution < 1.29 is 4.79 Å². The molecule has 0 bridgehead atoms. The number of benzene rings is 8. The summed E-state index contributed by atoms with van der Waals surface area (Å²) in [5.41, 5.74) is 6.14. The number of rotatable bonds is 4. The molecule has 0 N–H and O–H groups in total. The number of ketones is 1. The molecule has 0 spiro atoms. The third kappa shape index (κ3) is 3.90. The lowest BCUT2D eigenvalue weighted by Crippen LogP contribution is -2.00. The predicted octanol–water partition coefficient (Wildman–Crippen LogP) is 10.9. The number of carbonyl (C=O) groups excluding carboxylic acids is 1. The van der Waals surface area contributed by atoms with E-state index in [-0.39, 0.29) is 5.78 Å². The summed E-state index contributed by atoms with van der Waals surface area (Å²) in [4.78, 5) is 13.1. The maximum atomic E-state index is 13.1. The predicted molar refractivity (Wildman–Crippen MR) is 177 cm³/mol. The molecule has 0 aliphatic rings. The summed E-state index contributed by atoms with van der Waals surface area (Å²) in [6, 6.07) is 54.8. The van der Waals surface area contributed by atoms with Gasteiger partial charge in [-0.3, -0.25) is 4.79 Å². The first kappa shape index (κ1) is 24.3.